The van der Waals surface area contributed by atoms with Gasteiger partial charge in [0.05, 0.1) is 36.2 Å². The molecule has 6 aromatic rings. The van der Waals surface area contributed by atoms with Gasteiger partial charge in [0.1, 0.15) is 11.5 Å². The van der Waals surface area contributed by atoms with E-state index in [1.54, 1.807) is 17.5 Å². The van der Waals surface area contributed by atoms with Gasteiger partial charge in [0, 0.05) is 37.1 Å². The molecule has 0 bridgehead atoms. The van der Waals surface area contributed by atoms with Crippen LogP contribution in [-0.2, 0) is 5.41 Å². The summed E-state index contributed by atoms with van der Waals surface area (Å²) in [6.45, 7) is 10.5. The van der Waals surface area contributed by atoms with E-state index < -0.39 is 5.97 Å². The van der Waals surface area contributed by atoms with Gasteiger partial charge in [-0.2, -0.15) is 0 Å². The first-order valence-corrected chi connectivity index (χ1v) is 26.2. The van der Waals surface area contributed by atoms with Gasteiger partial charge in [-0.25, -0.2) is 9.78 Å². The summed E-state index contributed by atoms with van der Waals surface area (Å²) >= 11 is 3.69. The highest BCUT2D eigenvalue weighted by atomic mass is 32.1. The fourth-order valence-electron chi connectivity index (χ4n) is 9.22. The Hall–Kier alpha value is -4.99. The molecule has 0 spiro atoms. The van der Waals surface area contributed by atoms with Crippen LogP contribution in [-0.4, -0.2) is 34.3 Å². The van der Waals surface area contributed by atoms with Gasteiger partial charge in [0.2, 0.25) is 0 Å². The number of hydrogen-bond acceptors (Lipinski definition) is 8. The first-order valence-electron chi connectivity index (χ1n) is 24.6. The van der Waals surface area contributed by atoms with Gasteiger partial charge in [-0.15, -0.1) is 22.7 Å². The Balaban J connectivity index is 1.21. The topological polar surface area (TPSA) is 84.8 Å². The van der Waals surface area contributed by atoms with Crippen molar-refractivity contribution in [3.05, 3.63) is 114 Å². The lowest BCUT2D eigenvalue weighted by Crippen LogP contribution is -2.25. The molecule has 0 saturated carbocycles. The van der Waals surface area contributed by atoms with Gasteiger partial charge >= 0.3 is 5.97 Å². The van der Waals surface area contributed by atoms with Crippen molar-refractivity contribution < 1.29 is 19.4 Å². The number of nitrogens with zero attached hydrogens (tertiary/aromatic N) is 3. The number of fused-ring (bicyclic) bond motifs is 3. The molecule has 0 saturated heterocycles. The number of carboxylic acid groups (broad SMARTS) is 1. The van der Waals surface area contributed by atoms with Gasteiger partial charge in [0.15, 0.2) is 5.69 Å². The molecule has 3 heterocycles. The molecule has 7 nitrogen and oxygen atoms in total. The summed E-state index contributed by atoms with van der Waals surface area (Å²) in [4.78, 5) is 27.8. The van der Waals surface area contributed by atoms with Gasteiger partial charge in [-0.05, 0) is 115 Å². The van der Waals surface area contributed by atoms with E-state index in [9.17, 15) is 9.90 Å². The molecular formula is C56H69N3O4S2. The molecule has 0 aliphatic heterocycles. The molecule has 0 unspecified atom stereocenters. The Morgan fingerprint density at radius 1 is 0.554 bits per heavy atom. The minimum atomic E-state index is -1.06. The van der Waals surface area contributed by atoms with Crippen molar-refractivity contribution in [2.75, 3.05) is 18.1 Å². The molecule has 9 heteroatoms. The Labute approximate surface area is 396 Å². The number of aromatic nitrogens is 2. The van der Waals surface area contributed by atoms with E-state index in [1.807, 2.05) is 11.3 Å². The van der Waals surface area contributed by atoms with E-state index in [4.69, 9.17) is 9.47 Å². The Morgan fingerprint density at radius 2 is 1.00 bits per heavy atom. The fourth-order valence-corrected chi connectivity index (χ4v) is 11.9. The minimum Gasteiger partial charge on any atom is -0.494 e. The van der Waals surface area contributed by atoms with Gasteiger partial charge < -0.3 is 19.5 Å². The summed E-state index contributed by atoms with van der Waals surface area (Å²) in [7, 11) is 0. The Bertz CT molecular complexity index is 2300. The second-order valence-electron chi connectivity index (χ2n) is 17.7. The average molecular weight is 912 g/mol. The number of carbonyl (C=O) groups is 1. The number of unbranched alkanes of at least 4 members (excludes halogenated alkanes) is 12. The SMILES string of the molecule is CCCCCCOc1ccc(N(c2ccc(OCCCCCC)cc2)c2ccc(-c3cc4c(s3)-c3sc(-c5cnc(C(=O)O)cn5)cc3C4(CCCCCC)CCCCCC)cc2)cc1. The zero-order chi connectivity index (χ0) is 45.4. The highest BCUT2D eigenvalue weighted by molar-refractivity contribution is 7.25. The molecule has 0 fully saturated rings. The summed E-state index contributed by atoms with van der Waals surface area (Å²) in [5.74, 6) is 0.734. The number of thiophene rings is 2. The number of benzene rings is 3. The zero-order valence-electron chi connectivity index (χ0n) is 39.2. The quantitative estimate of drug-likeness (QED) is 0.0491. The standard InChI is InChI=1S/C56H69N3O4S2/c1-5-9-13-17-33-56(34-18-14-10-6-2)47-37-51(64-53(47)54-48(56)38-52(65-54)49-39-58-50(40-57-49)55(60)61)41-21-23-42(24-22-41)59(43-25-29-45(30-26-43)62-35-19-15-11-7-3)44-27-31-46(32-28-44)63-36-20-16-12-8-4/h21-32,37-40H,5-20,33-36H2,1-4H3,(H,60,61). The third-order valence-corrected chi connectivity index (χ3v) is 15.4. The summed E-state index contributed by atoms with van der Waals surface area (Å²) in [5, 5.41) is 9.50. The number of hydrogen-bond donors (Lipinski definition) is 1. The summed E-state index contributed by atoms with van der Waals surface area (Å²) in [6, 6.07) is 31.0. The number of ether oxygens (including phenoxy) is 2. The molecule has 3 aromatic carbocycles. The number of rotatable bonds is 28. The second kappa shape index (κ2) is 24.0. The maximum absolute atomic E-state index is 11.6. The third-order valence-electron chi connectivity index (χ3n) is 12.9. The lowest BCUT2D eigenvalue weighted by atomic mass is 9.71. The molecule has 3 aromatic heterocycles. The van der Waals surface area contributed by atoms with E-state index in [2.05, 4.69) is 127 Å². The van der Waals surface area contributed by atoms with Gasteiger partial charge in [-0.3, -0.25) is 4.98 Å². The molecule has 7 rings (SSSR count). The molecule has 1 aliphatic carbocycles. The number of anilines is 3. The van der Waals surface area contributed by atoms with Crippen LogP contribution in [0, 0.1) is 0 Å². The zero-order valence-corrected chi connectivity index (χ0v) is 40.8. The van der Waals surface area contributed by atoms with Crippen molar-refractivity contribution in [3.8, 4) is 42.3 Å². The maximum Gasteiger partial charge on any atom is 0.356 e. The van der Waals surface area contributed by atoms with E-state index in [0.29, 0.717) is 0 Å². The van der Waals surface area contributed by atoms with E-state index in [1.165, 1.54) is 127 Å². The fraction of sp³-hybridized carbons (Fsp3) is 0.446. The van der Waals surface area contributed by atoms with Crippen LogP contribution in [0.3, 0.4) is 0 Å². The third kappa shape index (κ3) is 11.9. The van der Waals surface area contributed by atoms with E-state index in [-0.39, 0.29) is 11.1 Å². The lowest BCUT2D eigenvalue weighted by molar-refractivity contribution is 0.0690. The van der Waals surface area contributed by atoms with Crippen molar-refractivity contribution in [2.45, 2.75) is 149 Å². The first-order chi connectivity index (χ1) is 31.9. The summed E-state index contributed by atoms with van der Waals surface area (Å²) in [5.41, 5.74) is 7.96. The second-order valence-corrected chi connectivity index (χ2v) is 19.8. The molecule has 65 heavy (non-hydrogen) atoms. The Morgan fingerprint density at radius 3 is 1.45 bits per heavy atom. The summed E-state index contributed by atoms with van der Waals surface area (Å²) < 4.78 is 12.3. The monoisotopic (exact) mass is 911 g/mol. The maximum atomic E-state index is 11.6. The summed E-state index contributed by atoms with van der Waals surface area (Å²) in [6.07, 6.45) is 24.5. The molecule has 1 N–H and O–H groups in total. The predicted octanol–water partition coefficient (Wildman–Crippen LogP) is 17.2. The molecule has 344 valence electrons. The van der Waals surface area contributed by atoms with Crippen molar-refractivity contribution in [1.29, 1.82) is 0 Å². The Kier molecular flexibility index (Phi) is 17.7. The van der Waals surface area contributed by atoms with E-state index in [0.717, 1.165) is 78.0 Å². The number of aromatic carboxylic acids is 1. The first kappa shape index (κ1) is 48.0. The highest BCUT2D eigenvalue weighted by Gasteiger charge is 2.45. The van der Waals surface area contributed by atoms with Crippen LogP contribution in [0.15, 0.2) is 97.3 Å². The number of carboxylic acids is 1. The van der Waals surface area contributed by atoms with Crippen molar-refractivity contribution >= 4 is 45.7 Å². The largest absolute Gasteiger partial charge is 0.494 e. The van der Waals surface area contributed by atoms with Gasteiger partial charge in [-0.1, -0.05) is 130 Å². The molecule has 0 amide bonds. The predicted molar refractivity (Wildman–Crippen MR) is 273 cm³/mol. The van der Waals surface area contributed by atoms with Crippen LogP contribution >= 0.6 is 22.7 Å². The van der Waals surface area contributed by atoms with Crippen LogP contribution in [0.1, 0.15) is 165 Å². The average Bonchev–Trinajstić information content (AvgIpc) is 4.04. The van der Waals surface area contributed by atoms with Gasteiger partial charge in [0.25, 0.3) is 0 Å². The smallest absolute Gasteiger partial charge is 0.356 e. The van der Waals surface area contributed by atoms with Crippen LogP contribution in [0.2, 0.25) is 0 Å². The molecule has 0 radical (unpaired) electrons. The van der Waals surface area contributed by atoms with Crippen LogP contribution in [0.4, 0.5) is 17.1 Å². The normalized spacial score (nSPS) is 12.6. The minimum absolute atomic E-state index is 0.0367. The molecule has 0 atom stereocenters. The molecular weight excluding hydrogens is 843 g/mol. The lowest BCUT2D eigenvalue weighted by Gasteiger charge is -2.31. The highest BCUT2D eigenvalue weighted by Crippen LogP contribution is 2.61. The van der Waals surface area contributed by atoms with Crippen LogP contribution in [0.5, 0.6) is 11.5 Å². The van der Waals surface area contributed by atoms with Crippen molar-refractivity contribution in [3.63, 3.8) is 0 Å². The van der Waals surface area contributed by atoms with Crippen LogP contribution < -0.4 is 14.4 Å². The van der Waals surface area contributed by atoms with Crippen molar-refractivity contribution in [1.82, 2.24) is 9.97 Å². The van der Waals surface area contributed by atoms with Crippen molar-refractivity contribution in [2.24, 2.45) is 0 Å². The molecule has 1 aliphatic rings. The van der Waals surface area contributed by atoms with E-state index >= 15 is 0 Å². The van der Waals surface area contributed by atoms with Crippen LogP contribution in [0.25, 0.3) is 30.8 Å².